The maximum absolute atomic E-state index is 5.55. The SMILES string of the molecule is C=CCN1CCNC(CN)C1. The van der Waals surface area contributed by atoms with Gasteiger partial charge in [0.2, 0.25) is 0 Å². The molecule has 1 heterocycles. The summed E-state index contributed by atoms with van der Waals surface area (Å²) < 4.78 is 0. The van der Waals surface area contributed by atoms with E-state index in [0.717, 1.165) is 32.7 Å². The van der Waals surface area contributed by atoms with E-state index in [4.69, 9.17) is 5.73 Å². The van der Waals surface area contributed by atoms with Gasteiger partial charge in [0.1, 0.15) is 0 Å². The summed E-state index contributed by atoms with van der Waals surface area (Å²) in [5.41, 5.74) is 5.55. The molecule has 0 aromatic carbocycles. The van der Waals surface area contributed by atoms with Gasteiger partial charge in [0.25, 0.3) is 0 Å². The van der Waals surface area contributed by atoms with E-state index >= 15 is 0 Å². The van der Waals surface area contributed by atoms with Crippen LogP contribution in [0.2, 0.25) is 0 Å². The largest absolute Gasteiger partial charge is 0.329 e. The van der Waals surface area contributed by atoms with Gasteiger partial charge < -0.3 is 11.1 Å². The fourth-order valence-electron chi connectivity index (χ4n) is 1.40. The molecule has 11 heavy (non-hydrogen) atoms. The maximum Gasteiger partial charge on any atom is 0.0318 e. The van der Waals surface area contributed by atoms with Crippen LogP contribution in [0.1, 0.15) is 0 Å². The molecule has 3 N–H and O–H groups in total. The lowest BCUT2D eigenvalue weighted by Crippen LogP contribution is -2.53. The van der Waals surface area contributed by atoms with Crippen LogP contribution in [0, 0.1) is 0 Å². The Morgan fingerprint density at radius 1 is 1.73 bits per heavy atom. The van der Waals surface area contributed by atoms with Gasteiger partial charge in [-0.25, -0.2) is 0 Å². The highest BCUT2D eigenvalue weighted by Crippen LogP contribution is 1.96. The third-order valence-electron chi connectivity index (χ3n) is 2.01. The van der Waals surface area contributed by atoms with Crippen LogP contribution in [0.5, 0.6) is 0 Å². The summed E-state index contributed by atoms with van der Waals surface area (Å²) in [6.45, 7) is 8.65. The molecule has 1 aliphatic rings. The molecule has 0 saturated carbocycles. The van der Waals surface area contributed by atoms with Gasteiger partial charge >= 0.3 is 0 Å². The lowest BCUT2D eigenvalue weighted by molar-refractivity contribution is 0.221. The zero-order chi connectivity index (χ0) is 8.10. The van der Waals surface area contributed by atoms with E-state index in [1.165, 1.54) is 0 Å². The molecule has 64 valence electrons. The summed E-state index contributed by atoms with van der Waals surface area (Å²) in [5.74, 6) is 0. The lowest BCUT2D eigenvalue weighted by Gasteiger charge is -2.32. The van der Waals surface area contributed by atoms with Crippen molar-refractivity contribution in [1.82, 2.24) is 10.2 Å². The molecule has 0 aromatic heterocycles. The first-order valence-corrected chi connectivity index (χ1v) is 4.13. The molecule has 1 atom stereocenters. The number of nitrogens with zero attached hydrogens (tertiary/aromatic N) is 1. The minimum Gasteiger partial charge on any atom is -0.329 e. The molecule has 1 saturated heterocycles. The predicted molar refractivity (Wildman–Crippen MR) is 47.5 cm³/mol. The molecule has 0 radical (unpaired) electrons. The van der Waals surface area contributed by atoms with Gasteiger partial charge in [-0.3, -0.25) is 4.90 Å². The van der Waals surface area contributed by atoms with Crippen molar-refractivity contribution >= 4 is 0 Å². The Bertz CT molecular complexity index is 125. The van der Waals surface area contributed by atoms with Crippen LogP contribution in [0.4, 0.5) is 0 Å². The van der Waals surface area contributed by atoms with E-state index in [1.54, 1.807) is 0 Å². The highest BCUT2D eigenvalue weighted by molar-refractivity contribution is 4.83. The van der Waals surface area contributed by atoms with Gasteiger partial charge in [-0.05, 0) is 0 Å². The Labute approximate surface area is 68.2 Å². The number of piperazine rings is 1. The number of hydrogen-bond donors (Lipinski definition) is 2. The Morgan fingerprint density at radius 3 is 3.18 bits per heavy atom. The molecule has 1 fully saturated rings. The van der Waals surface area contributed by atoms with Gasteiger partial charge in [0.05, 0.1) is 0 Å². The number of hydrogen-bond acceptors (Lipinski definition) is 3. The third kappa shape index (κ3) is 2.61. The second-order valence-electron chi connectivity index (χ2n) is 2.94. The number of nitrogens with two attached hydrogens (primary N) is 1. The third-order valence-corrected chi connectivity index (χ3v) is 2.01. The Balaban J connectivity index is 2.27. The van der Waals surface area contributed by atoms with Crippen molar-refractivity contribution in [2.24, 2.45) is 5.73 Å². The molecule has 0 aromatic rings. The predicted octanol–water partition coefficient (Wildman–Crippen LogP) is -0.595. The summed E-state index contributed by atoms with van der Waals surface area (Å²) in [6.07, 6.45) is 1.94. The Morgan fingerprint density at radius 2 is 2.55 bits per heavy atom. The van der Waals surface area contributed by atoms with Crippen LogP contribution in [0.15, 0.2) is 12.7 Å². The molecule has 1 rings (SSSR count). The fraction of sp³-hybridized carbons (Fsp3) is 0.750. The van der Waals surface area contributed by atoms with Gasteiger partial charge in [0, 0.05) is 38.8 Å². The van der Waals surface area contributed by atoms with E-state index in [-0.39, 0.29) is 0 Å². The van der Waals surface area contributed by atoms with Crippen molar-refractivity contribution < 1.29 is 0 Å². The molecule has 3 nitrogen and oxygen atoms in total. The van der Waals surface area contributed by atoms with Crippen LogP contribution in [0.3, 0.4) is 0 Å². The summed E-state index contributed by atoms with van der Waals surface area (Å²) in [6, 6.07) is 0.476. The van der Waals surface area contributed by atoms with Gasteiger partial charge in [0.15, 0.2) is 0 Å². The summed E-state index contributed by atoms with van der Waals surface area (Å²) in [4.78, 5) is 2.36. The van der Waals surface area contributed by atoms with Crippen molar-refractivity contribution in [3.05, 3.63) is 12.7 Å². The summed E-state index contributed by atoms with van der Waals surface area (Å²) >= 11 is 0. The molecular weight excluding hydrogens is 138 g/mol. The molecule has 0 bridgehead atoms. The zero-order valence-electron chi connectivity index (χ0n) is 6.92. The Hall–Kier alpha value is -0.380. The van der Waals surface area contributed by atoms with E-state index in [9.17, 15) is 0 Å². The van der Waals surface area contributed by atoms with Crippen molar-refractivity contribution in [2.45, 2.75) is 6.04 Å². The van der Waals surface area contributed by atoms with Gasteiger partial charge in [-0.2, -0.15) is 0 Å². The molecule has 1 unspecified atom stereocenters. The first kappa shape index (κ1) is 8.71. The fourth-order valence-corrected chi connectivity index (χ4v) is 1.40. The average Bonchev–Trinajstić information content (AvgIpc) is 2.06. The first-order valence-electron chi connectivity index (χ1n) is 4.13. The molecule has 1 aliphatic heterocycles. The van der Waals surface area contributed by atoms with Crippen LogP contribution in [-0.4, -0.2) is 43.7 Å². The number of rotatable bonds is 3. The second-order valence-corrected chi connectivity index (χ2v) is 2.94. The molecule has 3 heteroatoms. The van der Waals surface area contributed by atoms with Crippen molar-refractivity contribution in [3.63, 3.8) is 0 Å². The Kier molecular flexibility index (Phi) is 3.56. The molecule has 0 spiro atoms. The van der Waals surface area contributed by atoms with Crippen molar-refractivity contribution in [3.8, 4) is 0 Å². The van der Waals surface area contributed by atoms with E-state index in [2.05, 4.69) is 16.8 Å². The topological polar surface area (TPSA) is 41.3 Å². The summed E-state index contributed by atoms with van der Waals surface area (Å²) in [7, 11) is 0. The van der Waals surface area contributed by atoms with Crippen LogP contribution < -0.4 is 11.1 Å². The van der Waals surface area contributed by atoms with E-state index in [0.29, 0.717) is 6.04 Å². The first-order chi connectivity index (χ1) is 5.36. The average molecular weight is 155 g/mol. The smallest absolute Gasteiger partial charge is 0.0318 e. The molecule has 0 amide bonds. The van der Waals surface area contributed by atoms with Crippen LogP contribution >= 0.6 is 0 Å². The minimum absolute atomic E-state index is 0.476. The van der Waals surface area contributed by atoms with Crippen LogP contribution in [-0.2, 0) is 0 Å². The van der Waals surface area contributed by atoms with Crippen molar-refractivity contribution in [1.29, 1.82) is 0 Å². The van der Waals surface area contributed by atoms with Crippen LogP contribution in [0.25, 0.3) is 0 Å². The van der Waals surface area contributed by atoms with Gasteiger partial charge in [-0.15, -0.1) is 6.58 Å². The van der Waals surface area contributed by atoms with E-state index in [1.807, 2.05) is 6.08 Å². The monoisotopic (exact) mass is 155 g/mol. The normalized spacial score (nSPS) is 26.8. The highest BCUT2D eigenvalue weighted by atomic mass is 15.2. The highest BCUT2D eigenvalue weighted by Gasteiger charge is 2.15. The molecule has 0 aliphatic carbocycles. The molecular formula is C8H17N3. The quantitative estimate of drug-likeness (QED) is 0.535. The minimum atomic E-state index is 0.476. The van der Waals surface area contributed by atoms with Crippen molar-refractivity contribution in [2.75, 3.05) is 32.7 Å². The van der Waals surface area contributed by atoms with Gasteiger partial charge in [-0.1, -0.05) is 6.08 Å². The zero-order valence-corrected chi connectivity index (χ0v) is 6.92. The lowest BCUT2D eigenvalue weighted by atomic mass is 10.2. The number of nitrogens with one attached hydrogen (secondary N) is 1. The standard InChI is InChI=1S/C8H17N3/c1-2-4-11-5-3-10-8(6-9)7-11/h2,8,10H,1,3-7,9H2. The van der Waals surface area contributed by atoms with E-state index < -0.39 is 0 Å². The second kappa shape index (κ2) is 4.49. The maximum atomic E-state index is 5.55. The summed E-state index contributed by atoms with van der Waals surface area (Å²) in [5, 5.41) is 3.36.